The first kappa shape index (κ1) is 27.0. The number of hydrogen-bond donors (Lipinski definition) is 0. The molecule has 1 heterocycles. The van der Waals surface area contributed by atoms with Crippen LogP contribution in [0.15, 0.2) is 53.1 Å². The SMILES string of the molecule is CCCCCCCCCCOc1ccc(C(=O)Oc2ccc(C(=O)Oc3c(C)noc3C)cc2)cc1. The second-order valence-electron chi connectivity index (χ2n) is 8.80. The fourth-order valence-electron chi connectivity index (χ4n) is 3.71. The molecule has 0 atom stereocenters. The van der Waals surface area contributed by atoms with E-state index in [0.717, 1.165) is 12.2 Å². The number of aryl methyl sites for hydroxylation is 2. The highest BCUT2D eigenvalue weighted by Crippen LogP contribution is 2.24. The van der Waals surface area contributed by atoms with Crippen molar-refractivity contribution in [2.75, 3.05) is 6.61 Å². The first-order chi connectivity index (χ1) is 17.5. The predicted molar refractivity (Wildman–Crippen MR) is 137 cm³/mol. The third-order valence-electron chi connectivity index (χ3n) is 5.82. The van der Waals surface area contributed by atoms with E-state index in [4.69, 9.17) is 18.7 Å². The van der Waals surface area contributed by atoms with Crippen LogP contribution in [0.1, 0.15) is 90.5 Å². The summed E-state index contributed by atoms with van der Waals surface area (Å²) in [4.78, 5) is 24.9. The van der Waals surface area contributed by atoms with Crippen molar-refractivity contribution in [3.63, 3.8) is 0 Å². The van der Waals surface area contributed by atoms with E-state index < -0.39 is 11.9 Å². The molecule has 0 bridgehead atoms. The van der Waals surface area contributed by atoms with Gasteiger partial charge >= 0.3 is 11.9 Å². The number of aromatic nitrogens is 1. The van der Waals surface area contributed by atoms with Gasteiger partial charge in [-0.05, 0) is 61.9 Å². The van der Waals surface area contributed by atoms with Gasteiger partial charge in [0.25, 0.3) is 0 Å². The lowest BCUT2D eigenvalue weighted by molar-refractivity contribution is 0.0728. The molecule has 0 unspecified atom stereocenters. The minimum absolute atomic E-state index is 0.306. The van der Waals surface area contributed by atoms with E-state index in [1.165, 1.54) is 57.1 Å². The number of carbonyl (C=O) groups excluding carboxylic acids is 2. The van der Waals surface area contributed by atoms with Gasteiger partial charge in [-0.2, -0.15) is 0 Å². The van der Waals surface area contributed by atoms with E-state index in [9.17, 15) is 9.59 Å². The summed E-state index contributed by atoms with van der Waals surface area (Å²) in [6.45, 7) is 6.26. The Hall–Kier alpha value is -3.61. The van der Waals surface area contributed by atoms with Crippen LogP contribution in [0.5, 0.6) is 17.2 Å². The van der Waals surface area contributed by atoms with Crippen molar-refractivity contribution in [3.8, 4) is 17.2 Å². The number of unbranched alkanes of at least 4 members (excludes halogenated alkanes) is 7. The minimum Gasteiger partial charge on any atom is -0.494 e. The number of rotatable bonds is 14. The molecular formula is C29H35NO6. The largest absolute Gasteiger partial charge is 0.494 e. The molecular weight excluding hydrogens is 458 g/mol. The summed E-state index contributed by atoms with van der Waals surface area (Å²) in [5, 5.41) is 3.76. The average Bonchev–Trinajstić information content (AvgIpc) is 3.20. The van der Waals surface area contributed by atoms with Crippen LogP contribution >= 0.6 is 0 Å². The molecule has 7 heteroatoms. The highest BCUT2D eigenvalue weighted by molar-refractivity contribution is 5.92. The molecule has 36 heavy (non-hydrogen) atoms. The summed E-state index contributed by atoms with van der Waals surface area (Å²) in [5.41, 5.74) is 1.22. The Bertz CT molecular complexity index is 1080. The molecule has 0 aliphatic carbocycles. The molecule has 0 fully saturated rings. The van der Waals surface area contributed by atoms with Crippen LogP contribution in [0.3, 0.4) is 0 Å². The predicted octanol–water partition coefficient (Wildman–Crippen LogP) is 7.25. The van der Waals surface area contributed by atoms with Gasteiger partial charge in [0.1, 0.15) is 17.2 Å². The molecule has 1 aromatic heterocycles. The van der Waals surface area contributed by atoms with Crippen LogP contribution in [0.25, 0.3) is 0 Å². The van der Waals surface area contributed by atoms with Crippen LogP contribution in [0.4, 0.5) is 0 Å². The van der Waals surface area contributed by atoms with Crippen molar-refractivity contribution in [1.29, 1.82) is 0 Å². The molecule has 192 valence electrons. The second kappa shape index (κ2) is 14.1. The molecule has 0 aliphatic heterocycles. The van der Waals surface area contributed by atoms with Crippen molar-refractivity contribution >= 4 is 11.9 Å². The Labute approximate surface area is 212 Å². The highest BCUT2D eigenvalue weighted by Gasteiger charge is 2.17. The molecule has 0 spiro atoms. The Morgan fingerprint density at radius 1 is 0.722 bits per heavy atom. The van der Waals surface area contributed by atoms with Crippen LogP contribution in [-0.4, -0.2) is 23.7 Å². The van der Waals surface area contributed by atoms with Crippen molar-refractivity contribution in [2.24, 2.45) is 0 Å². The van der Waals surface area contributed by atoms with Crippen molar-refractivity contribution in [2.45, 2.75) is 72.1 Å². The van der Waals surface area contributed by atoms with E-state index >= 15 is 0 Å². The topological polar surface area (TPSA) is 87.9 Å². The van der Waals surface area contributed by atoms with E-state index in [1.54, 1.807) is 50.2 Å². The maximum atomic E-state index is 12.5. The van der Waals surface area contributed by atoms with E-state index in [-0.39, 0.29) is 0 Å². The summed E-state index contributed by atoms with van der Waals surface area (Å²) in [6, 6.07) is 13.1. The third kappa shape index (κ3) is 8.26. The van der Waals surface area contributed by atoms with Gasteiger partial charge in [0.05, 0.1) is 17.7 Å². The highest BCUT2D eigenvalue weighted by atomic mass is 16.6. The fourth-order valence-corrected chi connectivity index (χ4v) is 3.71. The summed E-state index contributed by atoms with van der Waals surface area (Å²) in [6.07, 6.45) is 10.0. The first-order valence-corrected chi connectivity index (χ1v) is 12.7. The van der Waals surface area contributed by atoms with Gasteiger partial charge in [-0.3, -0.25) is 0 Å². The van der Waals surface area contributed by atoms with Gasteiger partial charge in [0.2, 0.25) is 0 Å². The lowest BCUT2D eigenvalue weighted by Gasteiger charge is -2.08. The molecule has 3 rings (SSSR count). The minimum atomic E-state index is -0.551. The molecule has 0 aliphatic rings. The van der Waals surface area contributed by atoms with Gasteiger partial charge in [0, 0.05) is 6.92 Å². The second-order valence-corrected chi connectivity index (χ2v) is 8.80. The van der Waals surface area contributed by atoms with Gasteiger partial charge in [-0.15, -0.1) is 0 Å². The Morgan fingerprint density at radius 3 is 1.81 bits per heavy atom. The van der Waals surface area contributed by atoms with E-state index in [0.29, 0.717) is 40.7 Å². The van der Waals surface area contributed by atoms with Crippen LogP contribution in [-0.2, 0) is 0 Å². The van der Waals surface area contributed by atoms with Gasteiger partial charge in [-0.1, -0.05) is 57.0 Å². The van der Waals surface area contributed by atoms with Gasteiger partial charge in [-0.25, -0.2) is 9.59 Å². The molecule has 0 radical (unpaired) electrons. The number of esters is 2. The Morgan fingerprint density at radius 2 is 1.25 bits per heavy atom. The van der Waals surface area contributed by atoms with Crippen LogP contribution in [0.2, 0.25) is 0 Å². The van der Waals surface area contributed by atoms with Crippen molar-refractivity contribution in [1.82, 2.24) is 5.16 Å². The Kier molecular flexibility index (Phi) is 10.5. The molecule has 0 saturated heterocycles. The summed E-state index contributed by atoms with van der Waals surface area (Å²) in [5.74, 6) is 0.747. The average molecular weight is 494 g/mol. The zero-order chi connectivity index (χ0) is 25.8. The standard InChI is InChI=1S/C29H35NO6/c1-4-5-6-7-8-9-10-11-20-33-25-16-12-23(13-17-25)28(31)34-26-18-14-24(15-19-26)29(32)35-27-21(2)30-36-22(27)3/h12-19H,4-11,20H2,1-3H3. The van der Waals surface area contributed by atoms with Gasteiger partial charge in [0.15, 0.2) is 11.5 Å². The fraction of sp³-hybridized carbons (Fsp3) is 0.414. The molecule has 3 aromatic rings. The van der Waals surface area contributed by atoms with Gasteiger partial charge < -0.3 is 18.7 Å². The lowest BCUT2D eigenvalue weighted by Crippen LogP contribution is -2.11. The number of nitrogens with zero attached hydrogens (tertiary/aromatic N) is 1. The third-order valence-corrected chi connectivity index (χ3v) is 5.82. The van der Waals surface area contributed by atoms with E-state index in [1.807, 2.05) is 0 Å². The quantitative estimate of drug-likeness (QED) is 0.133. The molecule has 2 aromatic carbocycles. The first-order valence-electron chi connectivity index (χ1n) is 12.7. The summed E-state index contributed by atoms with van der Waals surface area (Å²) in [7, 11) is 0. The zero-order valence-electron chi connectivity index (χ0n) is 21.4. The maximum Gasteiger partial charge on any atom is 0.343 e. The monoisotopic (exact) mass is 493 g/mol. The zero-order valence-corrected chi connectivity index (χ0v) is 21.4. The summed E-state index contributed by atoms with van der Waals surface area (Å²) < 4.78 is 21.6. The number of hydrogen-bond acceptors (Lipinski definition) is 7. The van der Waals surface area contributed by atoms with Crippen LogP contribution < -0.4 is 14.2 Å². The summed E-state index contributed by atoms with van der Waals surface area (Å²) >= 11 is 0. The molecule has 0 amide bonds. The smallest absolute Gasteiger partial charge is 0.343 e. The molecule has 7 nitrogen and oxygen atoms in total. The van der Waals surface area contributed by atoms with E-state index in [2.05, 4.69) is 12.1 Å². The number of carbonyl (C=O) groups is 2. The van der Waals surface area contributed by atoms with Crippen LogP contribution in [0, 0.1) is 13.8 Å². The number of benzene rings is 2. The number of ether oxygens (including phenoxy) is 3. The normalized spacial score (nSPS) is 10.8. The lowest BCUT2D eigenvalue weighted by atomic mass is 10.1. The molecule has 0 saturated carbocycles. The Balaban J connectivity index is 1.40. The molecule has 0 N–H and O–H groups in total. The maximum absolute atomic E-state index is 12.5. The van der Waals surface area contributed by atoms with Crippen molar-refractivity contribution in [3.05, 3.63) is 71.1 Å². The van der Waals surface area contributed by atoms with Crippen molar-refractivity contribution < 1.29 is 28.3 Å².